The molecule has 0 aromatic heterocycles. The van der Waals surface area contributed by atoms with Gasteiger partial charge in [0.15, 0.2) is 0 Å². The molecule has 1 rings (SSSR count). The van der Waals surface area contributed by atoms with Gasteiger partial charge in [0.25, 0.3) is 10.1 Å². The van der Waals surface area contributed by atoms with Gasteiger partial charge in [-0.25, -0.2) is 4.79 Å². The Bertz CT molecular complexity index is 400. The Morgan fingerprint density at radius 1 is 1.33 bits per heavy atom. The number of hydrogen-bond donors (Lipinski definition) is 2. The average molecular weight is 233 g/mol. The molecule has 0 bridgehead atoms. The van der Waals surface area contributed by atoms with E-state index in [0.717, 1.165) is 0 Å². The Kier molecular flexibility index (Phi) is 5.35. The molecule has 7 heteroatoms. The standard InChI is InChI=1S/C6H6O3S.C2H5NO2/c7-10(8,9)6-4-2-1-3-5-6;1-5-2(3)4/h1-5H,(H,7,8,9);1H3,(H2,3,4). The first kappa shape index (κ1) is 13.4. The third-order valence-corrected chi connectivity index (χ3v) is 2.11. The summed E-state index contributed by atoms with van der Waals surface area (Å²) in [6, 6.07) is 7.42. The minimum Gasteiger partial charge on any atom is -0.453 e. The van der Waals surface area contributed by atoms with Crippen LogP contribution in [-0.2, 0) is 14.9 Å². The topological polar surface area (TPSA) is 107 Å². The lowest BCUT2D eigenvalue weighted by Crippen LogP contribution is -2.08. The molecule has 84 valence electrons. The molecule has 0 unspecified atom stereocenters. The second-order valence-electron chi connectivity index (χ2n) is 2.31. The molecule has 15 heavy (non-hydrogen) atoms. The summed E-state index contributed by atoms with van der Waals surface area (Å²) in [7, 11) is -2.78. The highest BCUT2D eigenvalue weighted by Gasteiger charge is 2.05. The van der Waals surface area contributed by atoms with E-state index in [0.29, 0.717) is 0 Å². The van der Waals surface area contributed by atoms with Crippen molar-refractivity contribution < 1.29 is 22.5 Å². The van der Waals surface area contributed by atoms with Gasteiger partial charge in [-0.2, -0.15) is 8.42 Å². The molecule has 0 saturated heterocycles. The maximum Gasteiger partial charge on any atom is 0.404 e. The summed E-state index contributed by atoms with van der Waals surface area (Å²) < 4.78 is 33.1. The minimum absolute atomic E-state index is 0.0741. The maximum atomic E-state index is 10.4. The third kappa shape index (κ3) is 6.47. The molecule has 0 saturated carbocycles. The predicted octanol–water partition coefficient (Wildman–Crippen LogP) is 0.645. The van der Waals surface area contributed by atoms with E-state index < -0.39 is 16.2 Å². The van der Waals surface area contributed by atoms with E-state index in [1.807, 2.05) is 0 Å². The summed E-state index contributed by atoms with van der Waals surface area (Å²) in [6.07, 6.45) is -0.745. The van der Waals surface area contributed by atoms with E-state index >= 15 is 0 Å². The van der Waals surface area contributed by atoms with Crippen LogP contribution in [0.3, 0.4) is 0 Å². The minimum atomic E-state index is -4.00. The number of rotatable bonds is 1. The van der Waals surface area contributed by atoms with Crippen LogP contribution in [0.2, 0.25) is 0 Å². The highest BCUT2D eigenvalue weighted by atomic mass is 32.2. The summed E-state index contributed by atoms with van der Waals surface area (Å²) in [5.41, 5.74) is 4.43. The molecule has 0 atom stereocenters. The molecule has 0 aliphatic heterocycles. The maximum absolute atomic E-state index is 10.4. The molecule has 1 aromatic carbocycles. The van der Waals surface area contributed by atoms with Crippen LogP contribution in [0, 0.1) is 0 Å². The van der Waals surface area contributed by atoms with Crippen LogP contribution in [0.15, 0.2) is 35.2 Å². The largest absolute Gasteiger partial charge is 0.453 e. The van der Waals surface area contributed by atoms with Crippen molar-refractivity contribution in [3.63, 3.8) is 0 Å². The number of carbonyl (C=O) groups excluding carboxylic acids is 1. The summed E-state index contributed by atoms with van der Waals surface area (Å²) in [6.45, 7) is 0. The van der Waals surface area contributed by atoms with Gasteiger partial charge in [0.2, 0.25) is 0 Å². The van der Waals surface area contributed by atoms with Crippen molar-refractivity contribution in [2.24, 2.45) is 5.73 Å². The van der Waals surface area contributed by atoms with Crippen LogP contribution >= 0.6 is 0 Å². The Morgan fingerprint density at radius 2 is 1.73 bits per heavy atom. The fourth-order valence-electron chi connectivity index (χ4n) is 0.592. The average Bonchev–Trinajstić information content (AvgIpc) is 2.19. The second kappa shape index (κ2) is 5.99. The Labute approximate surface area is 87.4 Å². The van der Waals surface area contributed by atoms with Gasteiger partial charge in [0.05, 0.1) is 12.0 Å². The van der Waals surface area contributed by atoms with Crippen molar-refractivity contribution in [1.82, 2.24) is 0 Å². The zero-order chi connectivity index (χ0) is 11.9. The van der Waals surface area contributed by atoms with E-state index in [-0.39, 0.29) is 4.90 Å². The van der Waals surface area contributed by atoms with Crippen molar-refractivity contribution >= 4 is 16.2 Å². The first-order valence-corrected chi connectivity index (χ1v) is 5.18. The third-order valence-electron chi connectivity index (χ3n) is 1.24. The Morgan fingerprint density at radius 3 is 1.93 bits per heavy atom. The van der Waals surface area contributed by atoms with Crippen molar-refractivity contribution in [2.75, 3.05) is 7.11 Å². The lowest BCUT2D eigenvalue weighted by Gasteiger charge is -1.92. The van der Waals surface area contributed by atoms with Gasteiger partial charge in [-0.3, -0.25) is 4.55 Å². The number of carbonyl (C=O) groups is 1. The number of hydrogen-bond acceptors (Lipinski definition) is 4. The number of benzene rings is 1. The zero-order valence-corrected chi connectivity index (χ0v) is 8.77. The monoisotopic (exact) mass is 233 g/mol. The van der Waals surface area contributed by atoms with Crippen molar-refractivity contribution in [3.05, 3.63) is 30.3 Å². The molecule has 0 heterocycles. The van der Waals surface area contributed by atoms with E-state index in [9.17, 15) is 13.2 Å². The van der Waals surface area contributed by atoms with Crippen LogP contribution < -0.4 is 5.73 Å². The number of methoxy groups -OCH3 is 1. The number of nitrogens with two attached hydrogens (primary N) is 1. The van der Waals surface area contributed by atoms with Gasteiger partial charge in [-0.15, -0.1) is 0 Å². The predicted molar refractivity (Wildman–Crippen MR) is 52.8 cm³/mol. The van der Waals surface area contributed by atoms with Gasteiger partial charge in [-0.05, 0) is 12.1 Å². The fourth-order valence-corrected chi connectivity index (χ4v) is 1.09. The molecular weight excluding hydrogens is 222 g/mol. The van der Waals surface area contributed by atoms with E-state index in [1.54, 1.807) is 18.2 Å². The summed E-state index contributed by atoms with van der Waals surface area (Å²) >= 11 is 0. The van der Waals surface area contributed by atoms with Gasteiger partial charge >= 0.3 is 6.09 Å². The van der Waals surface area contributed by atoms with Gasteiger partial charge in [0.1, 0.15) is 0 Å². The summed E-state index contributed by atoms with van der Waals surface area (Å²) in [5, 5.41) is 0. The Balaban J connectivity index is 0.000000336. The van der Waals surface area contributed by atoms with Crippen LogP contribution in [0.5, 0.6) is 0 Å². The quantitative estimate of drug-likeness (QED) is 0.692. The molecule has 0 aliphatic carbocycles. The smallest absolute Gasteiger partial charge is 0.404 e. The molecule has 1 aromatic rings. The van der Waals surface area contributed by atoms with Gasteiger partial charge in [-0.1, -0.05) is 18.2 Å². The lowest BCUT2D eigenvalue weighted by molar-refractivity contribution is 0.182. The van der Waals surface area contributed by atoms with Crippen LogP contribution in [0.1, 0.15) is 0 Å². The first-order chi connectivity index (χ1) is 6.88. The normalized spacial score (nSPS) is 9.73. The van der Waals surface area contributed by atoms with Crippen molar-refractivity contribution in [1.29, 1.82) is 0 Å². The molecular formula is C8H11NO5S. The van der Waals surface area contributed by atoms with Crippen LogP contribution in [0.25, 0.3) is 0 Å². The molecule has 1 amide bonds. The first-order valence-electron chi connectivity index (χ1n) is 3.74. The molecule has 0 radical (unpaired) electrons. The van der Waals surface area contributed by atoms with Crippen molar-refractivity contribution in [3.8, 4) is 0 Å². The number of primary amides is 1. The van der Waals surface area contributed by atoms with Crippen LogP contribution in [-0.4, -0.2) is 26.2 Å². The van der Waals surface area contributed by atoms with E-state index in [1.165, 1.54) is 19.2 Å². The molecule has 0 fully saturated rings. The highest BCUT2D eigenvalue weighted by molar-refractivity contribution is 7.85. The van der Waals surface area contributed by atoms with E-state index in [2.05, 4.69) is 10.5 Å². The zero-order valence-electron chi connectivity index (χ0n) is 7.95. The Hall–Kier alpha value is -1.60. The van der Waals surface area contributed by atoms with Gasteiger partial charge in [0, 0.05) is 0 Å². The summed E-state index contributed by atoms with van der Waals surface area (Å²) in [4.78, 5) is 9.29. The summed E-state index contributed by atoms with van der Waals surface area (Å²) in [5.74, 6) is 0. The molecule has 0 aliphatic rings. The van der Waals surface area contributed by atoms with Gasteiger partial charge < -0.3 is 10.5 Å². The number of amides is 1. The second-order valence-corrected chi connectivity index (χ2v) is 3.73. The molecule has 0 spiro atoms. The molecule has 6 nitrogen and oxygen atoms in total. The molecule has 3 N–H and O–H groups in total. The number of ether oxygens (including phenoxy) is 1. The highest BCUT2D eigenvalue weighted by Crippen LogP contribution is 2.05. The lowest BCUT2D eigenvalue weighted by atomic mass is 10.4. The fraction of sp³-hybridized carbons (Fsp3) is 0.125. The van der Waals surface area contributed by atoms with E-state index in [4.69, 9.17) is 4.55 Å². The SMILES string of the molecule is COC(N)=O.O=S(=O)(O)c1ccccc1. The van der Waals surface area contributed by atoms with Crippen LogP contribution in [0.4, 0.5) is 4.79 Å². The van der Waals surface area contributed by atoms with Crippen molar-refractivity contribution in [2.45, 2.75) is 4.90 Å².